The van der Waals surface area contributed by atoms with E-state index < -0.39 is 31.3 Å². The Morgan fingerprint density at radius 2 is 1.83 bits per heavy atom. The van der Waals surface area contributed by atoms with Gasteiger partial charge in [0.1, 0.15) is 13.2 Å². The minimum absolute atomic E-state index is 0. The fourth-order valence-corrected chi connectivity index (χ4v) is 2.20. The van der Waals surface area contributed by atoms with Crippen LogP contribution in [0.25, 0.3) is 10.8 Å². The molecule has 2 aromatic carbocycles. The molecule has 4 nitrogen and oxygen atoms in total. The van der Waals surface area contributed by atoms with Crippen LogP contribution in [0, 0.1) is 0 Å². The van der Waals surface area contributed by atoms with Gasteiger partial charge in [0, 0.05) is 6.54 Å². The van der Waals surface area contributed by atoms with Crippen molar-refractivity contribution < 1.29 is 22.7 Å². The maximum absolute atomic E-state index is 12.0. The molecule has 8 heteroatoms. The highest BCUT2D eigenvalue weighted by Gasteiger charge is 2.28. The topological polar surface area (TPSA) is 64.3 Å². The van der Waals surface area contributed by atoms with Crippen molar-refractivity contribution in [1.82, 2.24) is 5.32 Å². The van der Waals surface area contributed by atoms with Crippen molar-refractivity contribution in [2.75, 3.05) is 19.8 Å². The Labute approximate surface area is 143 Å². The molecule has 0 saturated heterocycles. The fraction of sp³-hybridized carbons (Fsp3) is 0.312. The lowest BCUT2D eigenvalue weighted by Gasteiger charge is -2.18. The quantitative estimate of drug-likeness (QED) is 0.830. The Hall–Kier alpha value is -1.83. The third-order valence-electron chi connectivity index (χ3n) is 3.25. The summed E-state index contributed by atoms with van der Waals surface area (Å²) in [5.74, 6) is -0.641. The third kappa shape index (κ3) is 5.99. The van der Waals surface area contributed by atoms with Gasteiger partial charge in [-0.15, -0.1) is 12.4 Å². The average molecular weight is 363 g/mol. The Kier molecular flexibility index (Phi) is 7.47. The summed E-state index contributed by atoms with van der Waals surface area (Å²) in [5, 5.41) is 4.62. The zero-order valence-electron chi connectivity index (χ0n) is 12.7. The summed E-state index contributed by atoms with van der Waals surface area (Å²) in [6.07, 6.45) is -4.45. The highest BCUT2D eigenvalue weighted by atomic mass is 35.5. The number of alkyl halides is 3. The van der Waals surface area contributed by atoms with E-state index in [2.05, 4.69) is 10.1 Å². The number of carbonyl (C=O) groups excluding carboxylic acids is 1. The van der Waals surface area contributed by atoms with Crippen molar-refractivity contribution in [3.63, 3.8) is 0 Å². The van der Waals surface area contributed by atoms with Gasteiger partial charge < -0.3 is 15.8 Å². The predicted molar refractivity (Wildman–Crippen MR) is 88.0 cm³/mol. The van der Waals surface area contributed by atoms with Crippen molar-refractivity contribution >= 4 is 29.1 Å². The fourth-order valence-electron chi connectivity index (χ4n) is 2.20. The van der Waals surface area contributed by atoms with E-state index in [1.54, 1.807) is 0 Å². The van der Waals surface area contributed by atoms with E-state index in [1.165, 1.54) is 0 Å². The minimum atomic E-state index is -4.45. The first-order chi connectivity index (χ1) is 10.9. The smallest absolute Gasteiger partial charge is 0.362 e. The second-order valence-electron chi connectivity index (χ2n) is 5.07. The first kappa shape index (κ1) is 20.2. The number of nitrogens with one attached hydrogen (secondary N) is 1. The predicted octanol–water partition coefficient (Wildman–Crippen LogP) is 2.96. The largest absolute Gasteiger partial charge is 0.411 e. The molecule has 1 atom stereocenters. The van der Waals surface area contributed by atoms with Crippen molar-refractivity contribution in [2.24, 2.45) is 5.73 Å². The van der Waals surface area contributed by atoms with Crippen LogP contribution in [0.5, 0.6) is 0 Å². The maximum Gasteiger partial charge on any atom is 0.411 e. The molecule has 0 aliphatic heterocycles. The van der Waals surface area contributed by atoms with Gasteiger partial charge in [0.25, 0.3) is 0 Å². The van der Waals surface area contributed by atoms with Crippen molar-refractivity contribution in [3.8, 4) is 0 Å². The molecular formula is C16H18ClF3N2O2. The van der Waals surface area contributed by atoms with Gasteiger partial charge in [-0.3, -0.25) is 4.79 Å². The number of hydrogen-bond donors (Lipinski definition) is 2. The minimum Gasteiger partial charge on any atom is -0.362 e. The molecule has 0 spiro atoms. The van der Waals surface area contributed by atoms with E-state index in [0.717, 1.165) is 16.3 Å². The summed E-state index contributed by atoms with van der Waals surface area (Å²) in [5.41, 5.74) is 6.45. The number of carbonyl (C=O) groups is 1. The van der Waals surface area contributed by atoms with Gasteiger partial charge in [-0.2, -0.15) is 13.2 Å². The molecule has 0 aliphatic rings. The Morgan fingerprint density at radius 1 is 1.17 bits per heavy atom. The zero-order chi connectivity index (χ0) is 16.9. The van der Waals surface area contributed by atoms with Crippen molar-refractivity contribution in [2.45, 2.75) is 12.2 Å². The first-order valence-electron chi connectivity index (χ1n) is 7.01. The number of fused-ring (bicyclic) bond motifs is 1. The van der Waals surface area contributed by atoms with Gasteiger partial charge in [-0.05, 0) is 22.4 Å². The van der Waals surface area contributed by atoms with Crippen molar-refractivity contribution in [3.05, 3.63) is 48.0 Å². The van der Waals surface area contributed by atoms with Crippen LogP contribution in [0.2, 0.25) is 0 Å². The van der Waals surface area contributed by atoms with Gasteiger partial charge in [0.15, 0.2) is 0 Å². The standard InChI is InChI=1S/C16H17F3N2O2.ClH/c17-16(18,19)10-23-9-15(22)21-14(8-20)13-6-5-11-3-1-2-4-12(11)7-13;/h1-7,14H,8-10,20H2,(H,21,22);1H. The summed E-state index contributed by atoms with van der Waals surface area (Å²) in [6, 6.07) is 12.8. The summed E-state index contributed by atoms with van der Waals surface area (Å²) in [4.78, 5) is 11.7. The Bertz CT molecular complexity index is 680. The van der Waals surface area contributed by atoms with Gasteiger partial charge in [-0.1, -0.05) is 36.4 Å². The summed E-state index contributed by atoms with van der Waals surface area (Å²) < 4.78 is 40.2. The molecule has 0 fully saturated rings. The summed E-state index contributed by atoms with van der Waals surface area (Å²) >= 11 is 0. The number of nitrogens with two attached hydrogens (primary N) is 1. The highest BCUT2D eigenvalue weighted by molar-refractivity contribution is 5.85. The molecule has 24 heavy (non-hydrogen) atoms. The number of ether oxygens (including phenoxy) is 1. The number of rotatable bonds is 6. The van der Waals surface area contributed by atoms with Crippen LogP contribution in [0.3, 0.4) is 0 Å². The second kappa shape index (κ2) is 8.86. The molecule has 2 rings (SSSR count). The van der Waals surface area contributed by atoms with Crippen LogP contribution in [0.15, 0.2) is 42.5 Å². The van der Waals surface area contributed by atoms with Crippen LogP contribution in [0.4, 0.5) is 13.2 Å². The lowest BCUT2D eigenvalue weighted by Crippen LogP contribution is -2.36. The van der Waals surface area contributed by atoms with Crippen LogP contribution in [0.1, 0.15) is 11.6 Å². The molecule has 2 aromatic rings. The molecule has 0 bridgehead atoms. The number of hydrogen-bond acceptors (Lipinski definition) is 3. The molecule has 1 amide bonds. The number of benzene rings is 2. The Balaban J connectivity index is 0.00000288. The van der Waals surface area contributed by atoms with Gasteiger partial charge >= 0.3 is 6.18 Å². The lowest BCUT2D eigenvalue weighted by atomic mass is 10.0. The second-order valence-corrected chi connectivity index (χ2v) is 5.07. The van der Waals surface area contributed by atoms with E-state index in [-0.39, 0.29) is 19.0 Å². The Morgan fingerprint density at radius 3 is 2.46 bits per heavy atom. The van der Waals surface area contributed by atoms with Gasteiger partial charge in [0.2, 0.25) is 5.91 Å². The number of halogens is 4. The molecule has 0 radical (unpaired) electrons. The zero-order valence-corrected chi connectivity index (χ0v) is 13.5. The highest BCUT2D eigenvalue weighted by Crippen LogP contribution is 2.20. The summed E-state index contributed by atoms with van der Waals surface area (Å²) in [7, 11) is 0. The number of amides is 1. The van der Waals surface area contributed by atoms with Crippen LogP contribution in [-0.2, 0) is 9.53 Å². The summed E-state index contributed by atoms with van der Waals surface area (Å²) in [6.45, 7) is -1.99. The van der Waals surface area contributed by atoms with Crippen molar-refractivity contribution in [1.29, 1.82) is 0 Å². The molecule has 0 aromatic heterocycles. The van der Waals surface area contributed by atoms with Gasteiger partial charge in [0.05, 0.1) is 6.04 Å². The van der Waals surface area contributed by atoms with Crippen LogP contribution < -0.4 is 11.1 Å². The SMILES string of the molecule is Cl.NCC(NC(=O)COCC(F)(F)F)c1ccc2ccccc2c1. The van der Waals surface area contributed by atoms with Gasteiger partial charge in [-0.25, -0.2) is 0 Å². The van der Waals surface area contributed by atoms with Crippen LogP contribution in [-0.4, -0.2) is 31.8 Å². The lowest BCUT2D eigenvalue weighted by molar-refractivity contribution is -0.175. The average Bonchev–Trinajstić information content (AvgIpc) is 2.51. The van der Waals surface area contributed by atoms with E-state index in [0.29, 0.717) is 0 Å². The maximum atomic E-state index is 12.0. The molecular weight excluding hydrogens is 345 g/mol. The molecule has 3 N–H and O–H groups in total. The van der Waals surface area contributed by atoms with E-state index >= 15 is 0 Å². The molecule has 0 aliphatic carbocycles. The molecule has 1 unspecified atom stereocenters. The molecule has 0 heterocycles. The first-order valence-corrected chi connectivity index (χ1v) is 7.01. The normalized spacial score (nSPS) is 12.5. The molecule has 0 saturated carbocycles. The van der Waals surface area contributed by atoms with E-state index in [9.17, 15) is 18.0 Å². The third-order valence-corrected chi connectivity index (χ3v) is 3.25. The van der Waals surface area contributed by atoms with Crippen LogP contribution >= 0.6 is 12.4 Å². The monoisotopic (exact) mass is 362 g/mol. The molecule has 132 valence electrons. The van der Waals surface area contributed by atoms with E-state index in [1.807, 2.05) is 42.5 Å². The van der Waals surface area contributed by atoms with E-state index in [4.69, 9.17) is 5.73 Å².